The quantitative estimate of drug-likeness (QED) is 0.622. The molecule has 4 heteroatoms. The molecule has 4 nitrogen and oxygen atoms in total. The molecular weight excluding hydrogens is 224 g/mol. The van der Waals surface area contributed by atoms with Crippen LogP contribution in [0.5, 0.6) is 0 Å². The summed E-state index contributed by atoms with van der Waals surface area (Å²) in [5, 5.41) is 8.40. The molecule has 0 unspecified atom stereocenters. The summed E-state index contributed by atoms with van der Waals surface area (Å²) in [4.78, 5) is 6.59. The van der Waals surface area contributed by atoms with Crippen molar-refractivity contribution < 1.29 is 0 Å². The number of pyridine rings is 1. The van der Waals surface area contributed by atoms with Gasteiger partial charge >= 0.3 is 0 Å². The minimum absolute atomic E-state index is 0.234. The van der Waals surface area contributed by atoms with E-state index in [1.54, 1.807) is 0 Å². The summed E-state index contributed by atoms with van der Waals surface area (Å²) < 4.78 is 0. The fourth-order valence-corrected chi connectivity index (χ4v) is 1.98. The summed E-state index contributed by atoms with van der Waals surface area (Å²) in [6.45, 7) is 1.61. The SMILES string of the molecule is CN(CCC(=N)N)Cc1cccc2cccnc12. The Morgan fingerprint density at radius 1 is 1.33 bits per heavy atom. The number of hydrogen-bond acceptors (Lipinski definition) is 3. The topological polar surface area (TPSA) is 66.0 Å². The maximum absolute atomic E-state index is 7.24. The van der Waals surface area contributed by atoms with E-state index in [9.17, 15) is 0 Å². The third-order valence-corrected chi connectivity index (χ3v) is 2.92. The standard InChI is InChI=1S/C14H18N4/c1-18(9-7-13(15)16)10-12-5-2-4-11-6-3-8-17-14(11)12/h2-6,8H,7,9-10H2,1H3,(H3,15,16). The Morgan fingerprint density at radius 2 is 2.11 bits per heavy atom. The number of para-hydroxylation sites is 1. The normalized spacial score (nSPS) is 11.0. The summed E-state index contributed by atoms with van der Waals surface area (Å²) in [5.74, 6) is 0.234. The first-order valence-corrected chi connectivity index (χ1v) is 6.01. The van der Waals surface area contributed by atoms with Gasteiger partial charge in [0.15, 0.2) is 0 Å². The number of nitrogens with two attached hydrogens (primary N) is 1. The van der Waals surface area contributed by atoms with Crippen molar-refractivity contribution in [3.8, 4) is 0 Å². The van der Waals surface area contributed by atoms with E-state index in [-0.39, 0.29) is 5.84 Å². The van der Waals surface area contributed by atoms with Gasteiger partial charge in [-0.3, -0.25) is 10.4 Å². The molecule has 0 saturated carbocycles. The van der Waals surface area contributed by atoms with Crippen molar-refractivity contribution in [3.05, 3.63) is 42.1 Å². The van der Waals surface area contributed by atoms with E-state index < -0.39 is 0 Å². The van der Waals surface area contributed by atoms with E-state index in [2.05, 4.69) is 34.1 Å². The van der Waals surface area contributed by atoms with Crippen LogP contribution in [-0.2, 0) is 6.54 Å². The number of aromatic nitrogens is 1. The van der Waals surface area contributed by atoms with Crippen molar-refractivity contribution in [3.63, 3.8) is 0 Å². The fourth-order valence-electron chi connectivity index (χ4n) is 1.98. The lowest BCUT2D eigenvalue weighted by Crippen LogP contribution is -2.24. The Kier molecular flexibility index (Phi) is 3.89. The molecule has 0 bridgehead atoms. The predicted molar refractivity (Wildman–Crippen MR) is 74.6 cm³/mol. The van der Waals surface area contributed by atoms with Crippen molar-refractivity contribution in [1.82, 2.24) is 9.88 Å². The van der Waals surface area contributed by atoms with E-state index in [0.29, 0.717) is 6.42 Å². The minimum atomic E-state index is 0.234. The maximum Gasteiger partial charge on any atom is 0.0918 e. The number of amidine groups is 1. The molecule has 1 aromatic heterocycles. The number of hydrogen-bond donors (Lipinski definition) is 2. The Balaban J connectivity index is 2.14. The van der Waals surface area contributed by atoms with Gasteiger partial charge < -0.3 is 10.6 Å². The van der Waals surface area contributed by atoms with Gasteiger partial charge in [-0.05, 0) is 18.7 Å². The van der Waals surface area contributed by atoms with Gasteiger partial charge in [0.25, 0.3) is 0 Å². The van der Waals surface area contributed by atoms with Crippen LogP contribution in [0.1, 0.15) is 12.0 Å². The molecule has 0 saturated heterocycles. The molecule has 94 valence electrons. The first-order valence-electron chi connectivity index (χ1n) is 6.01. The van der Waals surface area contributed by atoms with Gasteiger partial charge in [0.05, 0.1) is 11.4 Å². The van der Waals surface area contributed by atoms with Crippen LogP contribution in [0.4, 0.5) is 0 Å². The van der Waals surface area contributed by atoms with Crippen LogP contribution in [0.25, 0.3) is 10.9 Å². The average Bonchev–Trinajstić information content (AvgIpc) is 2.37. The van der Waals surface area contributed by atoms with Crippen LogP contribution >= 0.6 is 0 Å². The molecule has 1 heterocycles. The highest BCUT2D eigenvalue weighted by Gasteiger charge is 2.05. The molecule has 1 aromatic carbocycles. The second kappa shape index (κ2) is 5.60. The minimum Gasteiger partial charge on any atom is -0.388 e. The zero-order valence-electron chi connectivity index (χ0n) is 10.6. The molecular formula is C14H18N4. The summed E-state index contributed by atoms with van der Waals surface area (Å²) >= 11 is 0. The van der Waals surface area contributed by atoms with Gasteiger partial charge in [-0.25, -0.2) is 0 Å². The van der Waals surface area contributed by atoms with E-state index >= 15 is 0 Å². The predicted octanol–water partition coefficient (Wildman–Crippen LogP) is 1.99. The highest BCUT2D eigenvalue weighted by molar-refractivity contribution is 5.81. The second-order valence-corrected chi connectivity index (χ2v) is 4.51. The molecule has 0 aliphatic rings. The Morgan fingerprint density at radius 3 is 2.89 bits per heavy atom. The van der Waals surface area contributed by atoms with Gasteiger partial charge in [-0.2, -0.15) is 0 Å². The molecule has 0 radical (unpaired) electrons. The lowest BCUT2D eigenvalue weighted by Gasteiger charge is -2.17. The van der Waals surface area contributed by atoms with Crippen LogP contribution < -0.4 is 5.73 Å². The van der Waals surface area contributed by atoms with Crippen molar-refractivity contribution in [2.75, 3.05) is 13.6 Å². The van der Waals surface area contributed by atoms with Crippen LogP contribution in [-0.4, -0.2) is 29.3 Å². The van der Waals surface area contributed by atoms with E-state index in [4.69, 9.17) is 11.1 Å². The number of fused-ring (bicyclic) bond motifs is 1. The van der Waals surface area contributed by atoms with Crippen LogP contribution in [0, 0.1) is 5.41 Å². The van der Waals surface area contributed by atoms with Gasteiger partial charge in [0.1, 0.15) is 0 Å². The van der Waals surface area contributed by atoms with E-state index in [0.717, 1.165) is 24.0 Å². The molecule has 2 aromatic rings. The summed E-state index contributed by atoms with van der Waals surface area (Å²) in [5.41, 5.74) is 7.63. The lowest BCUT2D eigenvalue weighted by molar-refractivity contribution is 0.337. The smallest absolute Gasteiger partial charge is 0.0918 e. The highest BCUT2D eigenvalue weighted by Crippen LogP contribution is 2.17. The third kappa shape index (κ3) is 3.05. The molecule has 2 rings (SSSR count). The van der Waals surface area contributed by atoms with Crippen LogP contribution in [0.3, 0.4) is 0 Å². The molecule has 0 aliphatic carbocycles. The average molecular weight is 242 g/mol. The number of benzene rings is 1. The molecule has 0 fully saturated rings. The number of rotatable bonds is 5. The second-order valence-electron chi connectivity index (χ2n) is 4.51. The number of nitrogens with one attached hydrogen (secondary N) is 1. The van der Waals surface area contributed by atoms with Gasteiger partial charge in [-0.15, -0.1) is 0 Å². The lowest BCUT2D eigenvalue weighted by atomic mass is 10.1. The first-order chi connectivity index (χ1) is 8.66. The van der Waals surface area contributed by atoms with Crippen LogP contribution in [0.15, 0.2) is 36.5 Å². The van der Waals surface area contributed by atoms with E-state index in [1.807, 2.05) is 19.3 Å². The third-order valence-electron chi connectivity index (χ3n) is 2.92. The zero-order chi connectivity index (χ0) is 13.0. The first kappa shape index (κ1) is 12.5. The van der Waals surface area contributed by atoms with Crippen molar-refractivity contribution in [1.29, 1.82) is 5.41 Å². The maximum atomic E-state index is 7.24. The van der Waals surface area contributed by atoms with E-state index in [1.165, 1.54) is 5.56 Å². The van der Waals surface area contributed by atoms with Crippen LogP contribution in [0.2, 0.25) is 0 Å². The van der Waals surface area contributed by atoms with Crippen molar-refractivity contribution in [2.45, 2.75) is 13.0 Å². The molecule has 0 aliphatic heterocycles. The summed E-state index contributed by atoms with van der Waals surface area (Å²) in [6, 6.07) is 10.2. The molecule has 0 spiro atoms. The summed E-state index contributed by atoms with van der Waals surface area (Å²) in [7, 11) is 2.03. The highest BCUT2D eigenvalue weighted by atomic mass is 15.1. The van der Waals surface area contributed by atoms with Gasteiger partial charge in [0.2, 0.25) is 0 Å². The molecule has 3 N–H and O–H groups in total. The zero-order valence-corrected chi connectivity index (χ0v) is 10.6. The Bertz CT molecular complexity index is 545. The van der Waals surface area contributed by atoms with Gasteiger partial charge in [0, 0.05) is 31.1 Å². The van der Waals surface area contributed by atoms with Gasteiger partial charge in [-0.1, -0.05) is 24.3 Å². The molecule has 0 atom stereocenters. The van der Waals surface area contributed by atoms with Crippen molar-refractivity contribution >= 4 is 16.7 Å². The molecule has 18 heavy (non-hydrogen) atoms. The molecule has 0 amide bonds. The summed E-state index contributed by atoms with van der Waals surface area (Å²) in [6.07, 6.45) is 2.43. The number of nitrogens with zero attached hydrogens (tertiary/aromatic N) is 2. The Hall–Kier alpha value is -1.94. The monoisotopic (exact) mass is 242 g/mol. The Labute approximate surface area is 107 Å². The fraction of sp³-hybridized carbons (Fsp3) is 0.286. The van der Waals surface area contributed by atoms with Crippen molar-refractivity contribution in [2.24, 2.45) is 5.73 Å². The largest absolute Gasteiger partial charge is 0.388 e.